The molecule has 2 rings (SSSR count). The normalized spacial score (nSPS) is 16.9. The molecule has 0 atom stereocenters. The van der Waals surface area contributed by atoms with E-state index in [0.29, 0.717) is 5.56 Å². The number of carbonyl (C=O) groups is 1. The van der Waals surface area contributed by atoms with Gasteiger partial charge in [-0.1, -0.05) is 12.1 Å². The third-order valence-electron chi connectivity index (χ3n) is 2.70. The lowest BCUT2D eigenvalue weighted by molar-refractivity contribution is 0.0697. The van der Waals surface area contributed by atoms with E-state index in [0.717, 1.165) is 31.0 Å². The highest BCUT2D eigenvalue weighted by molar-refractivity contribution is 7.99. The van der Waals surface area contributed by atoms with Crippen LogP contribution in [0.5, 0.6) is 0 Å². The Morgan fingerprint density at radius 1 is 1.25 bits per heavy atom. The molecule has 1 heterocycles. The van der Waals surface area contributed by atoms with Crippen LogP contribution in [0.15, 0.2) is 24.3 Å². The lowest BCUT2D eigenvalue weighted by Gasteiger charge is -2.23. The minimum atomic E-state index is -0.840. The molecule has 0 amide bonds. The van der Waals surface area contributed by atoms with E-state index in [1.165, 1.54) is 5.75 Å². The Hall–Kier alpha value is -1.16. The van der Waals surface area contributed by atoms with Crippen LogP contribution in [0, 0.1) is 0 Å². The van der Waals surface area contributed by atoms with Crippen molar-refractivity contribution in [2.75, 3.05) is 29.5 Å². The van der Waals surface area contributed by atoms with Crippen molar-refractivity contribution in [3.63, 3.8) is 0 Å². The number of hydrogen-bond acceptors (Lipinski definition) is 3. The highest BCUT2D eigenvalue weighted by Gasteiger charge is 2.16. The topological polar surface area (TPSA) is 40.5 Å². The molecule has 16 heavy (non-hydrogen) atoms. The maximum atomic E-state index is 11.1. The van der Waals surface area contributed by atoms with E-state index < -0.39 is 5.97 Å². The molecule has 0 aliphatic carbocycles. The van der Waals surface area contributed by atoms with Crippen molar-refractivity contribution in [3.05, 3.63) is 29.8 Å². The fraction of sp³-hybridized carbons (Fsp3) is 0.417. The van der Waals surface area contributed by atoms with Crippen LogP contribution in [0.3, 0.4) is 0 Å². The number of para-hydroxylation sites is 1. The van der Waals surface area contributed by atoms with Crippen LogP contribution >= 0.6 is 11.8 Å². The first-order chi connectivity index (χ1) is 7.79. The van der Waals surface area contributed by atoms with Crippen molar-refractivity contribution in [2.45, 2.75) is 6.42 Å². The van der Waals surface area contributed by atoms with E-state index in [4.69, 9.17) is 5.11 Å². The van der Waals surface area contributed by atoms with Gasteiger partial charge >= 0.3 is 5.97 Å². The summed E-state index contributed by atoms with van der Waals surface area (Å²) in [5.74, 6) is 1.41. The molecule has 3 nitrogen and oxygen atoms in total. The molecule has 4 heteroatoms. The SMILES string of the molecule is O=C(O)c1ccccc1N1CCCSCC1. The molecule has 1 aliphatic heterocycles. The predicted molar refractivity (Wildman–Crippen MR) is 67.6 cm³/mol. The molecule has 0 saturated carbocycles. The second kappa shape index (κ2) is 5.25. The maximum absolute atomic E-state index is 11.1. The molecular weight excluding hydrogens is 222 g/mol. The Balaban J connectivity index is 2.27. The molecule has 86 valence electrons. The van der Waals surface area contributed by atoms with Gasteiger partial charge in [-0.3, -0.25) is 0 Å². The summed E-state index contributed by atoms with van der Waals surface area (Å²) in [5, 5.41) is 9.13. The summed E-state index contributed by atoms with van der Waals surface area (Å²) in [6, 6.07) is 7.26. The number of nitrogens with zero attached hydrogens (tertiary/aromatic N) is 1. The van der Waals surface area contributed by atoms with E-state index in [1.807, 2.05) is 23.9 Å². The van der Waals surface area contributed by atoms with Crippen molar-refractivity contribution in [3.8, 4) is 0 Å². The zero-order chi connectivity index (χ0) is 11.4. The van der Waals surface area contributed by atoms with Crippen LogP contribution in [-0.4, -0.2) is 35.7 Å². The Morgan fingerprint density at radius 2 is 2.06 bits per heavy atom. The van der Waals surface area contributed by atoms with Crippen LogP contribution < -0.4 is 4.90 Å². The van der Waals surface area contributed by atoms with Crippen LogP contribution in [0.4, 0.5) is 5.69 Å². The zero-order valence-corrected chi connectivity index (χ0v) is 9.87. The van der Waals surface area contributed by atoms with Gasteiger partial charge in [0.1, 0.15) is 0 Å². The number of carboxylic acid groups (broad SMARTS) is 1. The minimum absolute atomic E-state index is 0.411. The summed E-state index contributed by atoms with van der Waals surface area (Å²) in [6.07, 6.45) is 1.12. The van der Waals surface area contributed by atoms with Gasteiger partial charge in [-0.25, -0.2) is 4.79 Å². The summed E-state index contributed by atoms with van der Waals surface area (Å²) in [4.78, 5) is 13.3. The first kappa shape index (κ1) is 11.3. The fourth-order valence-corrected chi connectivity index (χ4v) is 2.80. The second-order valence-electron chi connectivity index (χ2n) is 3.78. The molecule has 1 aromatic carbocycles. The van der Waals surface area contributed by atoms with Crippen molar-refractivity contribution in [1.82, 2.24) is 0 Å². The summed E-state index contributed by atoms with van der Waals surface area (Å²) in [5.41, 5.74) is 1.27. The monoisotopic (exact) mass is 237 g/mol. The number of aromatic carboxylic acids is 1. The van der Waals surface area contributed by atoms with Crippen LogP contribution in [0.25, 0.3) is 0 Å². The number of rotatable bonds is 2. The van der Waals surface area contributed by atoms with Crippen LogP contribution in [0.2, 0.25) is 0 Å². The van der Waals surface area contributed by atoms with E-state index in [2.05, 4.69) is 4.90 Å². The van der Waals surface area contributed by atoms with Gasteiger partial charge in [-0.15, -0.1) is 0 Å². The molecule has 0 radical (unpaired) electrons. The van der Waals surface area contributed by atoms with Gasteiger partial charge in [0.25, 0.3) is 0 Å². The van der Waals surface area contributed by atoms with Gasteiger partial charge in [0.15, 0.2) is 0 Å². The average Bonchev–Trinajstić information content (AvgIpc) is 2.57. The Labute approximate surface area is 99.5 Å². The van der Waals surface area contributed by atoms with Crippen molar-refractivity contribution in [1.29, 1.82) is 0 Å². The van der Waals surface area contributed by atoms with Gasteiger partial charge in [0.05, 0.1) is 11.3 Å². The first-order valence-corrected chi connectivity index (χ1v) is 6.59. The molecule has 0 unspecified atom stereocenters. The Kier molecular flexibility index (Phi) is 3.72. The standard InChI is InChI=1S/C12H15NO2S/c14-12(15)10-4-1-2-5-11(10)13-6-3-8-16-9-7-13/h1-2,4-5H,3,6-9H2,(H,14,15). The summed E-state index contributed by atoms with van der Waals surface area (Å²) < 4.78 is 0. The number of hydrogen-bond donors (Lipinski definition) is 1. The average molecular weight is 237 g/mol. The van der Waals surface area contributed by atoms with Crippen LogP contribution in [-0.2, 0) is 0 Å². The van der Waals surface area contributed by atoms with Crippen molar-refractivity contribution in [2.24, 2.45) is 0 Å². The third kappa shape index (κ3) is 2.50. The lowest BCUT2D eigenvalue weighted by Crippen LogP contribution is -2.27. The number of anilines is 1. The molecule has 0 aromatic heterocycles. The predicted octanol–water partition coefficient (Wildman–Crippen LogP) is 2.33. The molecular formula is C12H15NO2S. The fourth-order valence-electron chi connectivity index (χ4n) is 1.92. The van der Waals surface area contributed by atoms with Gasteiger partial charge < -0.3 is 10.0 Å². The maximum Gasteiger partial charge on any atom is 0.337 e. The van der Waals surface area contributed by atoms with Gasteiger partial charge in [0.2, 0.25) is 0 Å². The van der Waals surface area contributed by atoms with Crippen molar-refractivity contribution < 1.29 is 9.90 Å². The smallest absolute Gasteiger partial charge is 0.337 e. The highest BCUT2D eigenvalue weighted by atomic mass is 32.2. The number of benzene rings is 1. The Bertz CT molecular complexity index is 373. The molecule has 1 N–H and O–H groups in total. The first-order valence-electron chi connectivity index (χ1n) is 5.44. The van der Waals surface area contributed by atoms with Gasteiger partial charge in [0, 0.05) is 18.8 Å². The minimum Gasteiger partial charge on any atom is -0.478 e. The summed E-state index contributed by atoms with van der Waals surface area (Å²) >= 11 is 1.94. The Morgan fingerprint density at radius 3 is 2.88 bits per heavy atom. The molecule has 1 saturated heterocycles. The highest BCUT2D eigenvalue weighted by Crippen LogP contribution is 2.23. The quantitative estimate of drug-likeness (QED) is 0.857. The third-order valence-corrected chi connectivity index (χ3v) is 3.75. The van der Waals surface area contributed by atoms with Gasteiger partial charge in [-0.2, -0.15) is 11.8 Å². The van der Waals surface area contributed by atoms with E-state index in [9.17, 15) is 4.79 Å². The molecule has 1 aromatic rings. The summed E-state index contributed by atoms with van der Waals surface area (Å²) in [6.45, 7) is 1.90. The summed E-state index contributed by atoms with van der Waals surface area (Å²) in [7, 11) is 0. The molecule has 0 spiro atoms. The van der Waals surface area contributed by atoms with Crippen molar-refractivity contribution >= 4 is 23.4 Å². The second-order valence-corrected chi connectivity index (χ2v) is 5.00. The largest absolute Gasteiger partial charge is 0.478 e. The molecule has 0 bridgehead atoms. The number of thioether (sulfide) groups is 1. The lowest BCUT2D eigenvalue weighted by atomic mass is 10.1. The van der Waals surface area contributed by atoms with E-state index in [1.54, 1.807) is 12.1 Å². The van der Waals surface area contributed by atoms with E-state index >= 15 is 0 Å². The molecule has 1 aliphatic rings. The zero-order valence-electron chi connectivity index (χ0n) is 9.06. The van der Waals surface area contributed by atoms with E-state index in [-0.39, 0.29) is 0 Å². The van der Waals surface area contributed by atoms with Crippen LogP contribution in [0.1, 0.15) is 16.8 Å². The molecule has 1 fully saturated rings. The van der Waals surface area contributed by atoms with Gasteiger partial charge in [-0.05, 0) is 24.3 Å². The number of carboxylic acids is 1.